The summed E-state index contributed by atoms with van der Waals surface area (Å²) in [6.45, 7) is 7.94. The number of hydrogen-bond donors (Lipinski definition) is 3. The van der Waals surface area contributed by atoms with Crippen LogP contribution in [0.1, 0.15) is 28.7 Å². The number of pyridine rings is 1. The van der Waals surface area contributed by atoms with Crippen molar-refractivity contribution in [1.82, 2.24) is 25.2 Å². The van der Waals surface area contributed by atoms with Gasteiger partial charge in [0.25, 0.3) is 0 Å². The van der Waals surface area contributed by atoms with Gasteiger partial charge in [-0.2, -0.15) is 0 Å². The highest BCUT2D eigenvalue weighted by atomic mass is 16.5. The molecule has 10 heteroatoms. The molecule has 0 fully saturated rings. The molecule has 37 heavy (non-hydrogen) atoms. The zero-order valence-corrected chi connectivity index (χ0v) is 20.9. The Morgan fingerprint density at radius 2 is 1.81 bits per heavy atom. The second-order valence-electron chi connectivity index (χ2n) is 8.66. The van der Waals surface area contributed by atoms with Gasteiger partial charge >= 0.3 is 12.1 Å². The number of nitrogen functional groups attached to an aromatic ring is 1. The quantitative estimate of drug-likeness (QED) is 0.171. The molecular weight excluding hydrogens is 472 g/mol. The van der Waals surface area contributed by atoms with Crippen LogP contribution in [0, 0.1) is 0 Å². The Kier molecular flexibility index (Phi) is 7.99. The van der Waals surface area contributed by atoms with Gasteiger partial charge in [-0.1, -0.05) is 54.6 Å². The molecule has 1 amide bonds. The first-order valence-electron chi connectivity index (χ1n) is 11.8. The molecule has 0 aliphatic carbocycles. The summed E-state index contributed by atoms with van der Waals surface area (Å²) in [5.41, 5.74) is 10.9. The Labute approximate surface area is 214 Å². The molecule has 0 atom stereocenters. The van der Waals surface area contributed by atoms with Crippen molar-refractivity contribution in [3.63, 3.8) is 0 Å². The molecule has 0 unspecified atom stereocenters. The second-order valence-corrected chi connectivity index (χ2v) is 8.66. The van der Waals surface area contributed by atoms with Crippen LogP contribution in [0.3, 0.4) is 0 Å². The fourth-order valence-corrected chi connectivity index (χ4v) is 3.95. The number of carbonyl (C=O) groups is 2. The number of imidazole rings is 1. The van der Waals surface area contributed by atoms with E-state index in [1.807, 2.05) is 55.5 Å². The highest BCUT2D eigenvalue weighted by Gasteiger charge is 2.22. The van der Waals surface area contributed by atoms with Crippen LogP contribution >= 0.6 is 0 Å². The molecule has 0 saturated carbocycles. The first-order chi connectivity index (χ1) is 17.9. The van der Waals surface area contributed by atoms with Crippen molar-refractivity contribution in [3.8, 4) is 0 Å². The normalized spacial score (nSPS) is 11.0. The number of rotatable bonds is 10. The maximum absolute atomic E-state index is 12.6. The van der Waals surface area contributed by atoms with Gasteiger partial charge < -0.3 is 30.4 Å². The number of fused-ring (bicyclic) bond motifs is 3. The van der Waals surface area contributed by atoms with Gasteiger partial charge in [-0.15, -0.1) is 0 Å². The average Bonchev–Trinajstić information content (AvgIpc) is 3.27. The van der Waals surface area contributed by atoms with Crippen LogP contribution in [-0.4, -0.2) is 53.4 Å². The Hall–Kier alpha value is -4.44. The SMILES string of the molecule is C=C(C)CNCCOC(=O)NCc1ccc(Cn2c(C(=O)OC)nc3c(N)nc4ccccc4c32)cc1. The van der Waals surface area contributed by atoms with E-state index < -0.39 is 12.1 Å². The molecule has 0 radical (unpaired) electrons. The third-order valence-electron chi connectivity index (χ3n) is 5.72. The van der Waals surface area contributed by atoms with Crippen LogP contribution in [0.15, 0.2) is 60.7 Å². The zero-order valence-electron chi connectivity index (χ0n) is 20.9. The van der Waals surface area contributed by atoms with E-state index in [0.29, 0.717) is 37.2 Å². The van der Waals surface area contributed by atoms with Crippen molar-refractivity contribution in [2.75, 3.05) is 32.5 Å². The smallest absolute Gasteiger partial charge is 0.407 e. The molecule has 10 nitrogen and oxygen atoms in total. The van der Waals surface area contributed by atoms with Gasteiger partial charge in [-0.05, 0) is 24.1 Å². The summed E-state index contributed by atoms with van der Waals surface area (Å²) in [6.07, 6.45) is -0.480. The van der Waals surface area contributed by atoms with E-state index in [1.54, 1.807) is 4.57 Å². The number of aromatic nitrogens is 3. The molecule has 4 rings (SSSR count). The molecule has 2 heterocycles. The number of nitrogens with one attached hydrogen (secondary N) is 2. The molecule has 2 aromatic heterocycles. The number of methoxy groups -OCH3 is 1. The molecule has 0 bridgehead atoms. The van der Waals surface area contributed by atoms with Crippen molar-refractivity contribution in [2.45, 2.75) is 20.0 Å². The van der Waals surface area contributed by atoms with E-state index in [9.17, 15) is 9.59 Å². The lowest BCUT2D eigenvalue weighted by atomic mass is 10.1. The van der Waals surface area contributed by atoms with Gasteiger partial charge in [0.1, 0.15) is 12.1 Å². The second kappa shape index (κ2) is 11.5. The first-order valence-corrected chi connectivity index (χ1v) is 11.8. The molecule has 4 N–H and O–H groups in total. The molecule has 0 aliphatic heterocycles. The third kappa shape index (κ3) is 6.04. The lowest BCUT2D eigenvalue weighted by molar-refractivity contribution is 0.0582. The van der Waals surface area contributed by atoms with Crippen LogP contribution in [-0.2, 0) is 22.6 Å². The number of ether oxygens (including phenoxy) is 2. The van der Waals surface area contributed by atoms with Crippen molar-refractivity contribution in [2.24, 2.45) is 0 Å². The van der Waals surface area contributed by atoms with E-state index in [0.717, 1.165) is 27.6 Å². The Morgan fingerprint density at radius 3 is 2.54 bits per heavy atom. The van der Waals surface area contributed by atoms with Gasteiger partial charge in [0.2, 0.25) is 5.82 Å². The van der Waals surface area contributed by atoms with E-state index in [2.05, 4.69) is 27.2 Å². The Morgan fingerprint density at radius 1 is 1.08 bits per heavy atom. The molecular formula is C27H30N6O4. The van der Waals surface area contributed by atoms with E-state index in [1.165, 1.54) is 7.11 Å². The summed E-state index contributed by atoms with van der Waals surface area (Å²) in [7, 11) is 1.32. The third-order valence-corrected chi connectivity index (χ3v) is 5.72. The number of nitrogens with zero attached hydrogens (tertiary/aromatic N) is 3. The van der Waals surface area contributed by atoms with Crippen LogP contribution in [0.25, 0.3) is 21.9 Å². The predicted octanol–water partition coefficient (Wildman–Crippen LogP) is 3.39. The summed E-state index contributed by atoms with van der Waals surface area (Å²) >= 11 is 0. The number of amides is 1. The molecule has 192 valence electrons. The standard InChI is InChI=1S/C27H30N6O4/c1-17(2)14-29-12-13-37-27(35)30-15-18-8-10-19(11-9-18)16-33-23-20-6-4-5-7-21(20)31-24(28)22(23)32-25(33)26(34)36-3/h4-11,29H,1,12-16H2,2-3H3,(H2,28,31)(H,30,35). The summed E-state index contributed by atoms with van der Waals surface area (Å²) in [5.74, 6) is -0.167. The van der Waals surface area contributed by atoms with E-state index in [-0.39, 0.29) is 18.2 Å². The number of nitrogens with two attached hydrogens (primary N) is 1. The van der Waals surface area contributed by atoms with Crippen LogP contribution < -0.4 is 16.4 Å². The topological polar surface area (TPSA) is 133 Å². The van der Waals surface area contributed by atoms with E-state index in [4.69, 9.17) is 15.2 Å². The lowest BCUT2D eigenvalue weighted by Gasteiger charge is -2.11. The van der Waals surface area contributed by atoms with Crippen LogP contribution in [0.2, 0.25) is 0 Å². The highest BCUT2D eigenvalue weighted by Crippen LogP contribution is 2.29. The fourth-order valence-electron chi connectivity index (χ4n) is 3.95. The summed E-state index contributed by atoms with van der Waals surface area (Å²) < 4.78 is 11.9. The number of anilines is 1. The highest BCUT2D eigenvalue weighted by molar-refractivity contribution is 6.08. The lowest BCUT2D eigenvalue weighted by Crippen LogP contribution is -2.28. The van der Waals surface area contributed by atoms with Crippen LogP contribution in [0.5, 0.6) is 0 Å². The number of para-hydroxylation sites is 1. The predicted molar refractivity (Wildman–Crippen MR) is 142 cm³/mol. The largest absolute Gasteiger partial charge is 0.463 e. The van der Waals surface area contributed by atoms with Gasteiger partial charge in [0.05, 0.1) is 18.1 Å². The molecule has 0 saturated heterocycles. The summed E-state index contributed by atoms with van der Waals surface area (Å²) in [6, 6.07) is 15.3. The minimum Gasteiger partial charge on any atom is -0.463 e. The molecule has 2 aromatic carbocycles. The van der Waals surface area contributed by atoms with Crippen molar-refractivity contribution >= 4 is 39.8 Å². The van der Waals surface area contributed by atoms with Gasteiger partial charge in [-0.3, -0.25) is 0 Å². The Bertz CT molecular complexity index is 1450. The van der Waals surface area contributed by atoms with Crippen LogP contribution in [0.4, 0.5) is 10.6 Å². The van der Waals surface area contributed by atoms with E-state index >= 15 is 0 Å². The number of esters is 1. The maximum Gasteiger partial charge on any atom is 0.407 e. The number of hydrogen-bond acceptors (Lipinski definition) is 8. The first kappa shape index (κ1) is 25.6. The van der Waals surface area contributed by atoms with Gasteiger partial charge in [0, 0.05) is 31.6 Å². The molecule has 4 aromatic rings. The maximum atomic E-state index is 12.6. The van der Waals surface area contributed by atoms with Crippen molar-refractivity contribution in [3.05, 3.63) is 77.6 Å². The molecule has 0 aliphatic rings. The monoisotopic (exact) mass is 502 g/mol. The van der Waals surface area contributed by atoms with Crippen molar-refractivity contribution in [1.29, 1.82) is 0 Å². The minimum atomic E-state index is -0.561. The number of benzene rings is 2. The van der Waals surface area contributed by atoms with Crippen molar-refractivity contribution < 1.29 is 19.1 Å². The summed E-state index contributed by atoms with van der Waals surface area (Å²) in [5, 5.41) is 6.70. The number of alkyl carbamates (subject to hydrolysis) is 1. The summed E-state index contributed by atoms with van der Waals surface area (Å²) in [4.78, 5) is 33.4. The zero-order chi connectivity index (χ0) is 26.4. The fraction of sp³-hybridized carbons (Fsp3) is 0.259. The number of carbonyl (C=O) groups excluding carboxylic acids is 2. The van der Waals surface area contributed by atoms with Gasteiger partial charge in [-0.25, -0.2) is 19.6 Å². The Balaban J connectivity index is 1.48. The average molecular weight is 503 g/mol. The van der Waals surface area contributed by atoms with Gasteiger partial charge in [0.15, 0.2) is 5.82 Å². The minimum absolute atomic E-state index is 0.147. The molecule has 0 spiro atoms.